The van der Waals surface area contributed by atoms with Gasteiger partial charge in [0.2, 0.25) is 0 Å². The van der Waals surface area contributed by atoms with Crippen LogP contribution in [-0.2, 0) is 28.5 Å². The van der Waals surface area contributed by atoms with Gasteiger partial charge in [-0.05, 0) is 51.4 Å². The summed E-state index contributed by atoms with van der Waals surface area (Å²) in [6, 6.07) is 0. The monoisotopic (exact) mass is 608 g/mol. The zero-order chi connectivity index (χ0) is 31.7. The van der Waals surface area contributed by atoms with Gasteiger partial charge in [-0.15, -0.1) is 0 Å². The topological polar surface area (TPSA) is 152 Å². The van der Waals surface area contributed by atoms with Gasteiger partial charge in [-0.1, -0.05) is 74.6 Å². The summed E-state index contributed by atoms with van der Waals surface area (Å²) in [6.07, 6.45) is 19.9. The summed E-state index contributed by atoms with van der Waals surface area (Å²) in [6.45, 7) is 2.80. The first-order valence-corrected chi connectivity index (χ1v) is 15.4. The van der Waals surface area contributed by atoms with Crippen LogP contribution in [0.1, 0.15) is 78.1 Å². The summed E-state index contributed by atoms with van der Waals surface area (Å²) in [5.74, 6) is -0.948. The van der Waals surface area contributed by atoms with Crippen molar-refractivity contribution in [3.8, 4) is 0 Å². The highest BCUT2D eigenvalue weighted by Gasteiger charge is 2.44. The predicted octanol–water partition coefficient (Wildman–Crippen LogP) is 3.98. The zero-order valence-corrected chi connectivity index (χ0v) is 25.7. The molecule has 244 valence electrons. The molecule has 10 nitrogen and oxygen atoms in total. The highest BCUT2D eigenvalue weighted by atomic mass is 16.7. The molecule has 1 aliphatic heterocycles. The lowest BCUT2D eigenvalue weighted by atomic mass is 9.99. The van der Waals surface area contributed by atoms with Crippen LogP contribution in [0.15, 0.2) is 60.8 Å². The molecule has 1 fully saturated rings. The fourth-order valence-corrected chi connectivity index (χ4v) is 3.96. The number of aliphatic hydroxyl groups is 4. The molecule has 1 saturated heterocycles. The van der Waals surface area contributed by atoms with Gasteiger partial charge < -0.3 is 39.4 Å². The Balaban J connectivity index is 2.38. The van der Waals surface area contributed by atoms with Crippen LogP contribution < -0.4 is 0 Å². The standard InChI is InChI=1S/C33H52O10/c1-3-5-6-7-8-9-10-11-12-13-14-15-16-17-18-19-20-22-29(36)42-26(24-40-28(35)21-4-2)25-41-33-32(39)31(38)30(37)27(23-34)43-33/h5-6,8-9,11-12,14-15,17-18,26-27,30-34,37-39H,3-4,7,10,13,16,19-25H2,1-2H3/b6-5-,9-8-,12-11-,15-14-,18-17-. The third-order valence-electron chi connectivity index (χ3n) is 6.39. The van der Waals surface area contributed by atoms with E-state index in [9.17, 15) is 30.0 Å². The Kier molecular flexibility index (Phi) is 22.2. The van der Waals surface area contributed by atoms with Gasteiger partial charge in [-0.25, -0.2) is 0 Å². The van der Waals surface area contributed by atoms with E-state index in [1.54, 1.807) is 0 Å². The quantitative estimate of drug-likeness (QED) is 0.0807. The lowest BCUT2D eigenvalue weighted by Crippen LogP contribution is -2.59. The second-order valence-corrected chi connectivity index (χ2v) is 10.2. The van der Waals surface area contributed by atoms with Crippen molar-refractivity contribution in [2.24, 2.45) is 0 Å². The lowest BCUT2D eigenvalue weighted by Gasteiger charge is -2.39. The van der Waals surface area contributed by atoms with E-state index in [1.165, 1.54) is 0 Å². The van der Waals surface area contributed by atoms with Crippen molar-refractivity contribution in [3.63, 3.8) is 0 Å². The van der Waals surface area contributed by atoms with Crippen molar-refractivity contribution in [1.29, 1.82) is 0 Å². The Bertz CT molecular complexity index is 892. The van der Waals surface area contributed by atoms with Gasteiger partial charge in [0.25, 0.3) is 0 Å². The third-order valence-corrected chi connectivity index (χ3v) is 6.39. The molecule has 6 unspecified atom stereocenters. The second kappa shape index (κ2) is 24.8. The number of ether oxygens (including phenoxy) is 4. The van der Waals surface area contributed by atoms with Gasteiger partial charge in [0.1, 0.15) is 31.0 Å². The molecule has 0 aromatic heterocycles. The molecule has 10 heteroatoms. The first-order valence-electron chi connectivity index (χ1n) is 15.4. The van der Waals surface area contributed by atoms with E-state index in [-0.39, 0.29) is 26.1 Å². The van der Waals surface area contributed by atoms with Crippen LogP contribution in [0.25, 0.3) is 0 Å². The third kappa shape index (κ3) is 18.0. The molecule has 0 saturated carbocycles. The van der Waals surface area contributed by atoms with Crippen LogP contribution in [0.5, 0.6) is 0 Å². The van der Waals surface area contributed by atoms with Crippen LogP contribution >= 0.6 is 0 Å². The smallest absolute Gasteiger partial charge is 0.306 e. The molecule has 1 heterocycles. The molecule has 6 atom stereocenters. The minimum Gasteiger partial charge on any atom is -0.462 e. The largest absolute Gasteiger partial charge is 0.462 e. The molecule has 0 bridgehead atoms. The molecule has 0 aromatic rings. The highest BCUT2D eigenvalue weighted by Crippen LogP contribution is 2.22. The fourth-order valence-electron chi connectivity index (χ4n) is 3.96. The van der Waals surface area contributed by atoms with E-state index < -0.39 is 55.4 Å². The van der Waals surface area contributed by atoms with Gasteiger partial charge in [0, 0.05) is 12.8 Å². The minimum absolute atomic E-state index is 0.147. The highest BCUT2D eigenvalue weighted by molar-refractivity contribution is 5.70. The maximum Gasteiger partial charge on any atom is 0.306 e. The Morgan fingerprint density at radius 3 is 1.88 bits per heavy atom. The van der Waals surface area contributed by atoms with Gasteiger partial charge in [0.05, 0.1) is 13.2 Å². The Morgan fingerprint density at radius 1 is 0.744 bits per heavy atom. The SMILES string of the molecule is CC/C=C\C/C=C\C/C=C\C/C=C\C/C=C\CCCC(=O)OC(COC(=O)CCC)COC1OC(CO)C(O)C(O)C1O. The zero-order valence-electron chi connectivity index (χ0n) is 25.7. The van der Waals surface area contributed by atoms with Crippen LogP contribution in [0, 0.1) is 0 Å². The van der Waals surface area contributed by atoms with Gasteiger partial charge in [-0.2, -0.15) is 0 Å². The summed E-state index contributed by atoms with van der Waals surface area (Å²) < 4.78 is 21.4. The fraction of sp³-hybridized carbons (Fsp3) is 0.636. The number of unbranched alkanes of at least 4 members (excludes halogenated alkanes) is 1. The van der Waals surface area contributed by atoms with E-state index in [0.717, 1.165) is 32.1 Å². The second-order valence-electron chi connectivity index (χ2n) is 10.2. The number of carbonyl (C=O) groups excluding carboxylic acids is 2. The maximum atomic E-state index is 12.4. The van der Waals surface area contributed by atoms with Crippen molar-refractivity contribution < 1.29 is 49.0 Å². The number of hydrogen-bond donors (Lipinski definition) is 4. The first kappa shape index (κ1) is 38.4. The summed E-state index contributed by atoms with van der Waals surface area (Å²) in [5.41, 5.74) is 0. The van der Waals surface area contributed by atoms with Crippen LogP contribution in [0.2, 0.25) is 0 Å². The van der Waals surface area contributed by atoms with Crippen molar-refractivity contribution >= 4 is 11.9 Å². The molecule has 0 aromatic carbocycles. The average Bonchev–Trinajstić information content (AvgIpc) is 2.99. The van der Waals surface area contributed by atoms with Crippen molar-refractivity contribution in [3.05, 3.63) is 60.8 Å². The van der Waals surface area contributed by atoms with Gasteiger partial charge >= 0.3 is 11.9 Å². The normalized spacial score (nSPS) is 23.7. The Hall–Kier alpha value is -2.60. The average molecular weight is 609 g/mol. The van der Waals surface area contributed by atoms with Crippen LogP contribution in [-0.4, -0.2) is 89.0 Å². The summed E-state index contributed by atoms with van der Waals surface area (Å²) in [7, 11) is 0. The van der Waals surface area contributed by atoms with E-state index in [2.05, 4.69) is 55.5 Å². The van der Waals surface area contributed by atoms with Crippen LogP contribution in [0.3, 0.4) is 0 Å². The molecule has 4 N–H and O–H groups in total. The number of rotatable bonds is 22. The molecule has 0 amide bonds. The van der Waals surface area contributed by atoms with Gasteiger partial charge in [-0.3, -0.25) is 9.59 Å². The van der Waals surface area contributed by atoms with Crippen molar-refractivity contribution in [2.75, 3.05) is 19.8 Å². The minimum atomic E-state index is -1.60. The molecule has 43 heavy (non-hydrogen) atoms. The number of aliphatic hydroxyl groups excluding tert-OH is 4. The van der Waals surface area contributed by atoms with Crippen molar-refractivity contribution in [1.82, 2.24) is 0 Å². The molecule has 1 rings (SSSR count). The molecule has 1 aliphatic rings. The number of esters is 2. The lowest BCUT2D eigenvalue weighted by molar-refractivity contribution is -0.305. The molecule has 0 radical (unpaired) electrons. The van der Waals surface area contributed by atoms with Gasteiger partial charge in [0.15, 0.2) is 12.4 Å². The summed E-state index contributed by atoms with van der Waals surface area (Å²) in [4.78, 5) is 24.3. The van der Waals surface area contributed by atoms with Crippen LogP contribution in [0.4, 0.5) is 0 Å². The summed E-state index contributed by atoms with van der Waals surface area (Å²) >= 11 is 0. The predicted molar refractivity (Wildman–Crippen MR) is 164 cm³/mol. The van der Waals surface area contributed by atoms with E-state index in [0.29, 0.717) is 19.3 Å². The molecule has 0 aliphatic carbocycles. The number of hydrogen-bond acceptors (Lipinski definition) is 10. The number of carbonyl (C=O) groups is 2. The van der Waals surface area contributed by atoms with E-state index in [4.69, 9.17) is 18.9 Å². The Labute approximate surface area is 256 Å². The van der Waals surface area contributed by atoms with Crippen molar-refractivity contribution in [2.45, 2.75) is 115 Å². The van der Waals surface area contributed by atoms with E-state index >= 15 is 0 Å². The van der Waals surface area contributed by atoms with E-state index in [1.807, 2.05) is 19.1 Å². The first-order chi connectivity index (χ1) is 20.8. The Morgan fingerprint density at radius 2 is 1.33 bits per heavy atom. The summed E-state index contributed by atoms with van der Waals surface area (Å²) in [5, 5.41) is 39.4. The number of allylic oxidation sites excluding steroid dienone is 10. The molecule has 0 spiro atoms. The molecular weight excluding hydrogens is 556 g/mol. The maximum absolute atomic E-state index is 12.4. The molecular formula is C33H52O10.